The van der Waals surface area contributed by atoms with E-state index >= 15 is 0 Å². The lowest BCUT2D eigenvalue weighted by atomic mass is 10.2. The molecule has 4 aromatic rings. The van der Waals surface area contributed by atoms with Gasteiger partial charge >= 0.3 is 11.7 Å². The summed E-state index contributed by atoms with van der Waals surface area (Å²) in [5.41, 5.74) is 1.16. The highest BCUT2D eigenvalue weighted by atomic mass is 32.2. The molecule has 3 aromatic carbocycles. The van der Waals surface area contributed by atoms with Crippen molar-refractivity contribution in [2.24, 2.45) is 0 Å². The molecule has 0 saturated carbocycles. The number of ether oxygens (including phenoxy) is 2. The summed E-state index contributed by atoms with van der Waals surface area (Å²) in [5.74, 6) is -0.837. The summed E-state index contributed by atoms with van der Waals surface area (Å²) in [6.07, 6.45) is -1.10. The predicted molar refractivity (Wildman–Crippen MR) is 133 cm³/mol. The van der Waals surface area contributed by atoms with Crippen LogP contribution < -0.4 is 20.5 Å². The van der Waals surface area contributed by atoms with Crippen molar-refractivity contribution in [2.45, 2.75) is 17.9 Å². The standard InChI is InChI=1S/C24H22N4O7S/c1-14(22(29)25-19-5-3-4-6-21(19)34-2)35-23(30)15-7-9-16(10-8-15)28-36(32,33)17-11-12-18-20(13-17)27-24(31)26-18/h3-14,28H,1-2H3,(H,25,29)(H2,26,27,31). The summed E-state index contributed by atoms with van der Waals surface area (Å²) < 4.78 is 38.3. The Balaban J connectivity index is 1.39. The third-order valence-electron chi connectivity index (χ3n) is 5.19. The molecule has 1 amide bonds. The Labute approximate surface area is 205 Å². The Morgan fingerprint density at radius 2 is 1.64 bits per heavy atom. The zero-order valence-corrected chi connectivity index (χ0v) is 20.0. The highest BCUT2D eigenvalue weighted by Gasteiger charge is 2.21. The average Bonchev–Trinajstić information content (AvgIpc) is 3.23. The van der Waals surface area contributed by atoms with Crippen LogP contribution in [0.2, 0.25) is 0 Å². The van der Waals surface area contributed by atoms with Crippen molar-refractivity contribution >= 4 is 44.3 Å². The van der Waals surface area contributed by atoms with Crippen LogP contribution in [0.25, 0.3) is 11.0 Å². The molecule has 0 aliphatic heterocycles. The molecule has 0 spiro atoms. The number of fused-ring (bicyclic) bond motifs is 1. The zero-order valence-electron chi connectivity index (χ0n) is 19.2. The van der Waals surface area contributed by atoms with Crippen LogP contribution in [0.3, 0.4) is 0 Å². The van der Waals surface area contributed by atoms with Crippen molar-refractivity contribution in [1.29, 1.82) is 0 Å². The van der Waals surface area contributed by atoms with E-state index in [4.69, 9.17) is 9.47 Å². The van der Waals surface area contributed by atoms with Crippen molar-refractivity contribution in [1.82, 2.24) is 9.97 Å². The van der Waals surface area contributed by atoms with Gasteiger partial charge in [0.2, 0.25) is 0 Å². The normalized spacial score (nSPS) is 12.1. The van der Waals surface area contributed by atoms with Crippen molar-refractivity contribution in [2.75, 3.05) is 17.1 Å². The van der Waals surface area contributed by atoms with E-state index in [1.54, 1.807) is 24.3 Å². The number of hydrogen-bond acceptors (Lipinski definition) is 7. The molecule has 0 fully saturated rings. The minimum absolute atomic E-state index is 0.0522. The minimum atomic E-state index is -3.96. The second-order valence-electron chi connectivity index (χ2n) is 7.71. The number of H-pyrrole nitrogens is 2. The highest BCUT2D eigenvalue weighted by molar-refractivity contribution is 7.92. The molecule has 0 aliphatic carbocycles. The summed E-state index contributed by atoms with van der Waals surface area (Å²) in [6, 6.07) is 16.5. The van der Waals surface area contributed by atoms with Gasteiger partial charge in [0.05, 0.1) is 34.3 Å². The number of aromatic nitrogens is 2. The maximum atomic E-state index is 12.7. The van der Waals surface area contributed by atoms with Crippen molar-refractivity contribution in [3.63, 3.8) is 0 Å². The predicted octanol–water partition coefficient (Wildman–Crippen LogP) is 2.85. The number of hydrogen-bond donors (Lipinski definition) is 4. The van der Waals surface area contributed by atoms with E-state index in [1.165, 1.54) is 56.5 Å². The number of para-hydroxylation sites is 2. The van der Waals surface area contributed by atoms with Crippen LogP contribution >= 0.6 is 0 Å². The largest absolute Gasteiger partial charge is 0.495 e. The average molecular weight is 511 g/mol. The zero-order chi connectivity index (χ0) is 25.9. The summed E-state index contributed by atoms with van der Waals surface area (Å²) in [4.78, 5) is 41.3. The number of carbonyl (C=O) groups excluding carboxylic acids is 2. The van der Waals surface area contributed by atoms with Gasteiger partial charge in [-0.2, -0.15) is 0 Å². The van der Waals surface area contributed by atoms with Crippen LogP contribution in [-0.4, -0.2) is 43.5 Å². The molecule has 0 bridgehead atoms. The van der Waals surface area contributed by atoms with Gasteiger partial charge in [0, 0.05) is 5.69 Å². The third kappa shape index (κ3) is 5.39. The summed E-state index contributed by atoms with van der Waals surface area (Å²) in [5, 5.41) is 2.64. The molecule has 186 valence electrons. The maximum Gasteiger partial charge on any atom is 0.338 e. The topological polar surface area (TPSA) is 159 Å². The Morgan fingerprint density at radius 3 is 2.36 bits per heavy atom. The number of anilines is 2. The fraction of sp³-hybridized carbons (Fsp3) is 0.125. The highest BCUT2D eigenvalue weighted by Crippen LogP contribution is 2.24. The number of rotatable bonds is 8. The van der Waals surface area contributed by atoms with Crippen LogP contribution in [-0.2, 0) is 19.6 Å². The Kier molecular flexibility index (Phi) is 6.79. The van der Waals surface area contributed by atoms with Gasteiger partial charge in [-0.3, -0.25) is 9.52 Å². The molecule has 1 unspecified atom stereocenters. The fourth-order valence-electron chi connectivity index (χ4n) is 3.33. The molecule has 0 aliphatic rings. The van der Waals surface area contributed by atoms with E-state index in [0.717, 1.165) is 0 Å². The van der Waals surface area contributed by atoms with Gasteiger partial charge in [0.25, 0.3) is 15.9 Å². The summed E-state index contributed by atoms with van der Waals surface area (Å²) in [7, 11) is -2.49. The van der Waals surface area contributed by atoms with E-state index in [2.05, 4.69) is 20.0 Å². The molecular weight excluding hydrogens is 488 g/mol. The quantitative estimate of drug-likeness (QED) is 0.265. The molecule has 36 heavy (non-hydrogen) atoms. The lowest BCUT2D eigenvalue weighted by molar-refractivity contribution is -0.123. The molecule has 0 radical (unpaired) electrons. The van der Waals surface area contributed by atoms with Crippen molar-refractivity contribution < 1.29 is 27.5 Å². The van der Waals surface area contributed by atoms with Crippen molar-refractivity contribution in [3.05, 3.63) is 82.8 Å². The number of nitrogens with one attached hydrogen (secondary N) is 4. The van der Waals surface area contributed by atoms with Gasteiger partial charge < -0.3 is 24.8 Å². The SMILES string of the molecule is COc1ccccc1NC(=O)C(C)OC(=O)c1ccc(NS(=O)(=O)c2ccc3[nH]c(=O)[nH]c3c2)cc1. The smallest absolute Gasteiger partial charge is 0.338 e. The van der Waals surface area contributed by atoms with Gasteiger partial charge in [0.1, 0.15) is 5.75 Å². The Hall–Kier alpha value is -4.58. The monoisotopic (exact) mass is 510 g/mol. The molecule has 11 nitrogen and oxygen atoms in total. The van der Waals surface area contributed by atoms with Gasteiger partial charge in [-0.25, -0.2) is 18.0 Å². The maximum absolute atomic E-state index is 12.7. The number of imidazole rings is 1. The number of esters is 1. The number of sulfonamides is 1. The Bertz CT molecular complexity index is 1590. The first-order valence-electron chi connectivity index (χ1n) is 10.7. The third-order valence-corrected chi connectivity index (χ3v) is 6.57. The molecule has 1 heterocycles. The molecule has 1 aromatic heterocycles. The summed E-state index contributed by atoms with van der Waals surface area (Å²) >= 11 is 0. The van der Waals surface area contributed by atoms with Crippen molar-refractivity contribution in [3.8, 4) is 5.75 Å². The van der Waals surface area contributed by atoms with Crippen LogP contribution in [0.1, 0.15) is 17.3 Å². The van der Waals surface area contributed by atoms with E-state index in [9.17, 15) is 22.8 Å². The number of benzene rings is 3. The lowest BCUT2D eigenvalue weighted by Crippen LogP contribution is -2.30. The first kappa shape index (κ1) is 24.5. The number of amides is 1. The Morgan fingerprint density at radius 1 is 0.944 bits per heavy atom. The summed E-state index contributed by atoms with van der Waals surface area (Å²) in [6.45, 7) is 1.43. The molecule has 12 heteroatoms. The first-order valence-corrected chi connectivity index (χ1v) is 12.1. The van der Waals surface area contributed by atoms with Crippen LogP contribution in [0, 0.1) is 0 Å². The second kappa shape index (κ2) is 9.96. The molecule has 4 rings (SSSR count). The first-order chi connectivity index (χ1) is 17.2. The van der Waals surface area contributed by atoms with Gasteiger partial charge in [-0.1, -0.05) is 12.1 Å². The van der Waals surface area contributed by atoms with Crippen LogP contribution in [0.4, 0.5) is 11.4 Å². The van der Waals surface area contributed by atoms with E-state index < -0.39 is 33.7 Å². The molecule has 1 atom stereocenters. The van der Waals surface area contributed by atoms with Gasteiger partial charge in [0.15, 0.2) is 6.10 Å². The van der Waals surface area contributed by atoms with Gasteiger partial charge in [-0.05, 0) is 61.5 Å². The van der Waals surface area contributed by atoms with E-state index in [-0.39, 0.29) is 16.1 Å². The second-order valence-corrected chi connectivity index (χ2v) is 9.39. The van der Waals surface area contributed by atoms with Gasteiger partial charge in [-0.15, -0.1) is 0 Å². The number of methoxy groups -OCH3 is 1. The van der Waals surface area contributed by atoms with E-state index in [1.807, 2.05) is 0 Å². The molecular formula is C24H22N4O7S. The number of carbonyl (C=O) groups is 2. The van der Waals surface area contributed by atoms with Crippen LogP contribution in [0.15, 0.2) is 76.4 Å². The van der Waals surface area contributed by atoms with Crippen LogP contribution in [0.5, 0.6) is 5.75 Å². The fourth-order valence-corrected chi connectivity index (χ4v) is 4.42. The van der Waals surface area contributed by atoms with E-state index in [0.29, 0.717) is 22.5 Å². The minimum Gasteiger partial charge on any atom is -0.495 e. The molecule has 4 N–H and O–H groups in total. The number of aromatic amines is 2. The molecule has 0 saturated heterocycles. The lowest BCUT2D eigenvalue weighted by Gasteiger charge is -2.15.